The number of allylic oxidation sites excluding steroid dienone is 13. The molecule has 0 saturated carbocycles. The third-order valence-corrected chi connectivity index (χ3v) is 9.50. The molecule has 0 radical (unpaired) electrons. The maximum Gasteiger partial charge on any atom is 0.397 e. The molecule has 1 aliphatic heterocycles. The fraction of sp³-hybridized carbons (Fsp3) is 0.667. The highest BCUT2D eigenvalue weighted by atomic mass is 32.3. The van der Waals surface area contributed by atoms with E-state index >= 15 is 0 Å². The zero-order chi connectivity index (χ0) is 42.5. The van der Waals surface area contributed by atoms with Gasteiger partial charge in [0, 0.05) is 6.61 Å². The van der Waals surface area contributed by atoms with Crippen LogP contribution in [0.1, 0.15) is 129 Å². The van der Waals surface area contributed by atoms with Gasteiger partial charge in [-0.2, -0.15) is 8.42 Å². The molecule has 1 saturated heterocycles. The summed E-state index contributed by atoms with van der Waals surface area (Å²) in [5, 5.41) is 30.6. The number of esters is 1. The number of carbonyl (C=O) groups is 1. The fourth-order valence-corrected chi connectivity index (χ4v) is 6.34. The lowest BCUT2D eigenvalue weighted by atomic mass is 9.99. The largest absolute Gasteiger partial charge is 0.457 e. The van der Waals surface area contributed by atoms with Crippen LogP contribution in [0.25, 0.3) is 0 Å². The quantitative estimate of drug-likeness (QED) is 0.0207. The highest BCUT2D eigenvalue weighted by Gasteiger charge is 2.48. The monoisotopic (exact) mass is 838 g/mol. The number of aliphatic hydroxyl groups excluding tert-OH is 3. The van der Waals surface area contributed by atoms with Crippen LogP contribution in [0.5, 0.6) is 0 Å². The second-order valence-corrected chi connectivity index (χ2v) is 15.3. The summed E-state index contributed by atoms with van der Waals surface area (Å²) in [7, 11) is -5.08. The predicted octanol–water partition coefficient (Wildman–Crippen LogP) is 8.51. The van der Waals surface area contributed by atoms with Crippen LogP contribution in [0, 0.1) is 0 Å². The van der Waals surface area contributed by atoms with Gasteiger partial charge in [-0.15, -0.1) is 0 Å². The van der Waals surface area contributed by atoms with E-state index in [0.29, 0.717) is 13.0 Å². The molecular weight excluding hydrogens is 765 g/mol. The van der Waals surface area contributed by atoms with E-state index in [-0.39, 0.29) is 19.6 Å². The van der Waals surface area contributed by atoms with Gasteiger partial charge < -0.3 is 34.3 Å². The van der Waals surface area contributed by atoms with E-state index in [1.807, 2.05) is 12.2 Å². The van der Waals surface area contributed by atoms with Gasteiger partial charge in [0.2, 0.25) is 0 Å². The van der Waals surface area contributed by atoms with Gasteiger partial charge in [-0.25, -0.2) is 4.18 Å². The lowest BCUT2D eigenvalue weighted by molar-refractivity contribution is -0.301. The minimum absolute atomic E-state index is 0.00158. The van der Waals surface area contributed by atoms with Crippen molar-refractivity contribution in [3.8, 4) is 0 Å². The zero-order valence-corrected chi connectivity index (χ0v) is 35.9. The Morgan fingerprint density at radius 2 is 1.19 bits per heavy atom. The number of unbranched alkanes of at least 4 members (excludes halogenated alkanes) is 9. The summed E-state index contributed by atoms with van der Waals surface area (Å²) >= 11 is 0. The maximum absolute atomic E-state index is 12.8. The van der Waals surface area contributed by atoms with Gasteiger partial charge >= 0.3 is 16.4 Å². The average molecular weight is 839 g/mol. The number of hydrogen-bond donors (Lipinski definition) is 4. The number of hydrogen-bond acceptors (Lipinski definition) is 11. The normalized spacial score (nSPS) is 21.4. The Hall–Kier alpha value is -2.72. The molecule has 1 heterocycles. The molecular formula is C45H74O12S. The SMILES string of the molecule is CC/C=C\C/C=C\C/C=C\C/C=C\C/C=C\CC(=O)OC(COCCCCCCCC/C=C\C/C=C\CCCCC)COC1OC(CO)C(O)C(OS(=O)(=O)O)C1O. The molecule has 0 aliphatic carbocycles. The third-order valence-electron chi connectivity index (χ3n) is 9.03. The van der Waals surface area contributed by atoms with Gasteiger partial charge in [0.1, 0.15) is 30.5 Å². The Labute approximate surface area is 349 Å². The number of carbonyl (C=O) groups excluding carboxylic acids is 1. The lowest BCUT2D eigenvalue weighted by Gasteiger charge is -2.41. The summed E-state index contributed by atoms with van der Waals surface area (Å²) < 4.78 is 58.8. The minimum Gasteiger partial charge on any atom is -0.457 e. The van der Waals surface area contributed by atoms with E-state index in [4.69, 9.17) is 23.5 Å². The molecule has 6 unspecified atom stereocenters. The predicted molar refractivity (Wildman–Crippen MR) is 229 cm³/mol. The zero-order valence-electron chi connectivity index (χ0n) is 35.1. The Kier molecular flexibility index (Phi) is 33.2. The van der Waals surface area contributed by atoms with Gasteiger partial charge in [0.25, 0.3) is 0 Å². The highest BCUT2D eigenvalue weighted by molar-refractivity contribution is 7.80. The molecule has 6 atom stereocenters. The smallest absolute Gasteiger partial charge is 0.397 e. The Morgan fingerprint density at radius 3 is 1.74 bits per heavy atom. The molecule has 0 aromatic heterocycles. The van der Waals surface area contributed by atoms with E-state index in [0.717, 1.165) is 64.2 Å². The van der Waals surface area contributed by atoms with Crippen molar-refractivity contribution >= 4 is 16.4 Å². The molecule has 13 heteroatoms. The third kappa shape index (κ3) is 29.5. The molecule has 0 bridgehead atoms. The lowest BCUT2D eigenvalue weighted by Crippen LogP contribution is -2.60. The molecule has 0 aromatic carbocycles. The van der Waals surface area contributed by atoms with Crippen molar-refractivity contribution < 1.29 is 56.2 Å². The van der Waals surface area contributed by atoms with Crippen LogP contribution in [-0.2, 0) is 38.3 Å². The van der Waals surface area contributed by atoms with E-state index in [2.05, 4.69) is 84.9 Å². The molecule has 1 fully saturated rings. The topological polar surface area (TPSA) is 178 Å². The van der Waals surface area contributed by atoms with Crippen molar-refractivity contribution in [2.45, 2.75) is 166 Å². The van der Waals surface area contributed by atoms with Crippen molar-refractivity contribution in [2.24, 2.45) is 0 Å². The van der Waals surface area contributed by atoms with E-state index in [9.17, 15) is 28.5 Å². The van der Waals surface area contributed by atoms with Crippen LogP contribution < -0.4 is 0 Å². The first-order valence-electron chi connectivity index (χ1n) is 21.3. The molecule has 0 aromatic rings. The number of aliphatic hydroxyl groups is 3. The Morgan fingerprint density at radius 1 is 0.672 bits per heavy atom. The first-order chi connectivity index (χ1) is 28.1. The molecule has 0 amide bonds. The second-order valence-electron chi connectivity index (χ2n) is 14.2. The van der Waals surface area contributed by atoms with Gasteiger partial charge in [-0.05, 0) is 70.6 Å². The Bertz CT molecular complexity index is 1340. The second kappa shape index (κ2) is 36.2. The molecule has 1 rings (SSSR count). The van der Waals surface area contributed by atoms with Crippen molar-refractivity contribution in [2.75, 3.05) is 26.4 Å². The number of rotatable bonds is 35. The summed E-state index contributed by atoms with van der Waals surface area (Å²) in [6, 6.07) is 0. The summed E-state index contributed by atoms with van der Waals surface area (Å²) in [5.74, 6) is -0.534. The molecule has 1 aliphatic rings. The van der Waals surface area contributed by atoms with Crippen LogP contribution in [0.15, 0.2) is 85.1 Å². The van der Waals surface area contributed by atoms with Gasteiger partial charge in [-0.3, -0.25) is 9.35 Å². The molecule has 0 spiro atoms. The first-order valence-corrected chi connectivity index (χ1v) is 22.7. The van der Waals surface area contributed by atoms with E-state index in [1.54, 1.807) is 6.08 Å². The van der Waals surface area contributed by atoms with Crippen molar-refractivity contribution in [1.82, 2.24) is 0 Å². The summed E-state index contributed by atoms with van der Waals surface area (Å²) in [6.07, 6.45) is 37.9. The van der Waals surface area contributed by atoms with E-state index in [1.165, 1.54) is 38.5 Å². The van der Waals surface area contributed by atoms with Crippen LogP contribution in [-0.4, -0.2) is 97.5 Å². The highest BCUT2D eigenvalue weighted by Crippen LogP contribution is 2.26. The molecule has 12 nitrogen and oxygen atoms in total. The Balaban J connectivity index is 2.54. The van der Waals surface area contributed by atoms with E-state index < -0.39 is 59.8 Å². The average Bonchev–Trinajstić information content (AvgIpc) is 3.19. The standard InChI is InChI=1S/C45H74O12S/c1-3-5-7-9-11-13-15-17-19-21-23-25-27-29-31-33-35-53-37-39(38-54-45-43(49)44(57-58(50,51)52)42(48)40(36-46)56-45)55-41(47)34-32-30-28-26-24-22-20-18-16-14-12-10-8-6-4-2/h6,8,11-14,17-20,24,26,30,32,39-40,42-46,48-49H,3-5,7,9-10,15-16,21-23,25,27-29,31,33-38H2,1-2H3,(H,50,51,52)/b8-6-,13-11-,14-12-,19-17-,20-18-,26-24-,32-30-. The summed E-state index contributed by atoms with van der Waals surface area (Å²) in [4.78, 5) is 12.8. The van der Waals surface area contributed by atoms with Crippen molar-refractivity contribution in [3.05, 3.63) is 85.1 Å². The van der Waals surface area contributed by atoms with Gasteiger partial charge in [-0.1, -0.05) is 137 Å². The summed E-state index contributed by atoms with van der Waals surface area (Å²) in [6.45, 7) is 3.67. The summed E-state index contributed by atoms with van der Waals surface area (Å²) in [5.41, 5.74) is 0. The van der Waals surface area contributed by atoms with Gasteiger partial charge in [0.15, 0.2) is 6.29 Å². The van der Waals surface area contributed by atoms with Crippen molar-refractivity contribution in [1.29, 1.82) is 0 Å². The molecule has 332 valence electrons. The van der Waals surface area contributed by atoms with Crippen LogP contribution in [0.2, 0.25) is 0 Å². The first kappa shape index (κ1) is 53.3. The number of ether oxygens (including phenoxy) is 4. The van der Waals surface area contributed by atoms with Gasteiger partial charge in [0.05, 0.1) is 26.2 Å². The van der Waals surface area contributed by atoms with Crippen LogP contribution >= 0.6 is 0 Å². The minimum atomic E-state index is -5.08. The van der Waals surface area contributed by atoms with Crippen LogP contribution in [0.4, 0.5) is 0 Å². The molecule has 4 N–H and O–H groups in total. The van der Waals surface area contributed by atoms with Crippen LogP contribution in [0.3, 0.4) is 0 Å². The van der Waals surface area contributed by atoms with Crippen molar-refractivity contribution in [3.63, 3.8) is 0 Å². The molecule has 58 heavy (non-hydrogen) atoms. The fourth-order valence-electron chi connectivity index (χ4n) is 5.83. The maximum atomic E-state index is 12.8.